The third-order valence-electron chi connectivity index (χ3n) is 4.37. The van der Waals surface area contributed by atoms with Crippen LogP contribution < -0.4 is 5.32 Å². The van der Waals surface area contributed by atoms with Crippen LogP contribution in [0, 0.1) is 5.92 Å². The molecule has 92 valence electrons. The summed E-state index contributed by atoms with van der Waals surface area (Å²) in [7, 11) is 0. The molecule has 1 N–H and O–H groups in total. The van der Waals surface area contributed by atoms with E-state index in [-0.39, 0.29) is 5.54 Å². The first-order chi connectivity index (χ1) is 7.78. The number of rotatable bonds is 4. The van der Waals surface area contributed by atoms with Gasteiger partial charge in [0.25, 0.3) is 0 Å². The zero-order valence-corrected chi connectivity index (χ0v) is 10.6. The highest BCUT2D eigenvalue weighted by atomic mass is 16.1. The SMILES string of the molecule is CCCC1(C(=O)C2CCCCC2)CCCN1. The van der Waals surface area contributed by atoms with E-state index in [1.807, 2.05) is 0 Å². The molecule has 1 unspecified atom stereocenters. The van der Waals surface area contributed by atoms with Crippen molar-refractivity contribution in [3.63, 3.8) is 0 Å². The quantitative estimate of drug-likeness (QED) is 0.793. The fourth-order valence-electron chi connectivity index (χ4n) is 3.54. The van der Waals surface area contributed by atoms with Crippen LogP contribution in [-0.4, -0.2) is 17.9 Å². The molecule has 1 atom stereocenters. The summed E-state index contributed by atoms with van der Waals surface area (Å²) >= 11 is 0. The molecule has 1 aliphatic carbocycles. The van der Waals surface area contributed by atoms with Gasteiger partial charge in [-0.3, -0.25) is 4.79 Å². The summed E-state index contributed by atoms with van der Waals surface area (Å²) in [6, 6.07) is 0. The summed E-state index contributed by atoms with van der Waals surface area (Å²) in [5.41, 5.74) is -0.128. The van der Waals surface area contributed by atoms with Gasteiger partial charge >= 0.3 is 0 Å². The van der Waals surface area contributed by atoms with Crippen LogP contribution >= 0.6 is 0 Å². The van der Waals surface area contributed by atoms with Gasteiger partial charge in [0.2, 0.25) is 0 Å². The van der Waals surface area contributed by atoms with E-state index in [1.54, 1.807) is 0 Å². The first-order valence-corrected chi connectivity index (χ1v) is 7.08. The summed E-state index contributed by atoms with van der Waals surface area (Å²) in [6.45, 7) is 3.23. The smallest absolute Gasteiger partial charge is 0.155 e. The second kappa shape index (κ2) is 5.31. The Hall–Kier alpha value is -0.370. The second-order valence-corrected chi connectivity index (χ2v) is 5.56. The Balaban J connectivity index is 2.04. The molecule has 0 radical (unpaired) electrons. The van der Waals surface area contributed by atoms with Crippen molar-refractivity contribution in [2.24, 2.45) is 5.92 Å². The van der Waals surface area contributed by atoms with Gasteiger partial charge in [-0.15, -0.1) is 0 Å². The number of hydrogen-bond acceptors (Lipinski definition) is 2. The van der Waals surface area contributed by atoms with Gasteiger partial charge in [0.1, 0.15) is 0 Å². The Kier molecular flexibility index (Phi) is 4.01. The Morgan fingerprint density at radius 3 is 2.56 bits per heavy atom. The number of ketones is 1. The topological polar surface area (TPSA) is 29.1 Å². The first-order valence-electron chi connectivity index (χ1n) is 7.08. The van der Waals surface area contributed by atoms with Crippen LogP contribution in [0.25, 0.3) is 0 Å². The van der Waals surface area contributed by atoms with Crippen molar-refractivity contribution in [3.8, 4) is 0 Å². The zero-order chi connectivity index (χ0) is 11.4. The fourth-order valence-corrected chi connectivity index (χ4v) is 3.54. The number of carbonyl (C=O) groups is 1. The molecule has 1 aliphatic heterocycles. The number of hydrogen-bond donors (Lipinski definition) is 1. The lowest BCUT2D eigenvalue weighted by molar-refractivity contribution is -0.130. The highest BCUT2D eigenvalue weighted by Crippen LogP contribution is 2.34. The van der Waals surface area contributed by atoms with Crippen molar-refractivity contribution in [2.75, 3.05) is 6.54 Å². The standard InChI is InChI=1S/C14H25NO/c1-2-9-14(10-6-11-15-14)13(16)12-7-4-3-5-8-12/h12,15H,2-11H2,1H3. The summed E-state index contributed by atoms with van der Waals surface area (Å²) in [5, 5.41) is 3.52. The molecule has 16 heavy (non-hydrogen) atoms. The van der Waals surface area contributed by atoms with Crippen LogP contribution in [0.1, 0.15) is 64.7 Å². The molecule has 1 saturated carbocycles. The van der Waals surface area contributed by atoms with Crippen molar-refractivity contribution < 1.29 is 4.79 Å². The third-order valence-corrected chi connectivity index (χ3v) is 4.37. The Labute approximate surface area is 99.2 Å². The summed E-state index contributed by atoms with van der Waals surface area (Å²) in [4.78, 5) is 12.6. The van der Waals surface area contributed by atoms with Gasteiger partial charge in [0.15, 0.2) is 5.78 Å². The number of carbonyl (C=O) groups excluding carboxylic acids is 1. The summed E-state index contributed by atoms with van der Waals surface area (Å²) < 4.78 is 0. The third kappa shape index (κ3) is 2.32. The maximum absolute atomic E-state index is 12.6. The molecule has 2 aliphatic rings. The summed E-state index contributed by atoms with van der Waals surface area (Å²) in [6.07, 6.45) is 10.6. The largest absolute Gasteiger partial charge is 0.305 e. The highest BCUT2D eigenvalue weighted by Gasteiger charge is 2.42. The van der Waals surface area contributed by atoms with Gasteiger partial charge in [-0.1, -0.05) is 32.6 Å². The van der Waals surface area contributed by atoms with Crippen molar-refractivity contribution in [1.82, 2.24) is 5.32 Å². The lowest BCUT2D eigenvalue weighted by Gasteiger charge is -2.33. The molecule has 0 spiro atoms. The van der Waals surface area contributed by atoms with Crippen molar-refractivity contribution in [2.45, 2.75) is 70.3 Å². The molecule has 0 aromatic rings. The zero-order valence-electron chi connectivity index (χ0n) is 10.6. The van der Waals surface area contributed by atoms with Crippen LogP contribution in [0.5, 0.6) is 0 Å². The lowest BCUT2D eigenvalue weighted by Crippen LogP contribution is -2.50. The predicted octanol–water partition coefficient (Wildman–Crippen LogP) is 3.06. The van der Waals surface area contributed by atoms with Gasteiger partial charge in [0, 0.05) is 5.92 Å². The average molecular weight is 223 g/mol. The molecular formula is C14H25NO. The van der Waals surface area contributed by atoms with Crippen LogP contribution in [0.4, 0.5) is 0 Å². The van der Waals surface area contributed by atoms with E-state index in [0.717, 1.165) is 38.6 Å². The molecule has 0 amide bonds. The molecule has 2 nitrogen and oxygen atoms in total. The molecule has 0 bridgehead atoms. The highest BCUT2D eigenvalue weighted by molar-refractivity contribution is 5.90. The Morgan fingerprint density at radius 2 is 2.00 bits per heavy atom. The molecule has 2 heteroatoms. The molecule has 1 heterocycles. The minimum Gasteiger partial charge on any atom is -0.305 e. The minimum atomic E-state index is -0.128. The summed E-state index contributed by atoms with van der Waals surface area (Å²) in [5.74, 6) is 0.914. The van der Waals surface area contributed by atoms with Crippen LogP contribution in [0.15, 0.2) is 0 Å². The predicted molar refractivity (Wildman–Crippen MR) is 66.5 cm³/mol. The monoisotopic (exact) mass is 223 g/mol. The van der Waals surface area contributed by atoms with Crippen LogP contribution in [0.3, 0.4) is 0 Å². The van der Waals surface area contributed by atoms with Crippen molar-refractivity contribution in [3.05, 3.63) is 0 Å². The van der Waals surface area contributed by atoms with Crippen molar-refractivity contribution >= 4 is 5.78 Å². The molecular weight excluding hydrogens is 198 g/mol. The molecule has 0 aromatic carbocycles. The van der Waals surface area contributed by atoms with E-state index in [0.29, 0.717) is 11.7 Å². The van der Waals surface area contributed by atoms with E-state index in [2.05, 4.69) is 12.2 Å². The molecule has 2 fully saturated rings. The minimum absolute atomic E-state index is 0.128. The lowest BCUT2D eigenvalue weighted by atomic mass is 9.75. The first kappa shape index (κ1) is 12.1. The van der Waals surface area contributed by atoms with E-state index in [4.69, 9.17) is 0 Å². The van der Waals surface area contributed by atoms with Gasteiger partial charge in [0.05, 0.1) is 5.54 Å². The van der Waals surface area contributed by atoms with Crippen molar-refractivity contribution in [1.29, 1.82) is 0 Å². The molecule has 0 aromatic heterocycles. The second-order valence-electron chi connectivity index (χ2n) is 5.56. The van der Waals surface area contributed by atoms with Gasteiger partial charge in [-0.05, 0) is 38.6 Å². The van der Waals surface area contributed by atoms with E-state index in [9.17, 15) is 4.79 Å². The number of Topliss-reactive ketones (excluding diaryl/α,β-unsaturated/α-hetero) is 1. The van der Waals surface area contributed by atoms with E-state index >= 15 is 0 Å². The van der Waals surface area contributed by atoms with Crippen LogP contribution in [0.2, 0.25) is 0 Å². The van der Waals surface area contributed by atoms with E-state index < -0.39 is 0 Å². The van der Waals surface area contributed by atoms with Gasteiger partial charge in [-0.25, -0.2) is 0 Å². The maximum Gasteiger partial charge on any atom is 0.155 e. The van der Waals surface area contributed by atoms with Gasteiger partial charge < -0.3 is 5.32 Å². The average Bonchev–Trinajstić information content (AvgIpc) is 2.80. The van der Waals surface area contributed by atoms with E-state index in [1.165, 1.54) is 25.7 Å². The molecule has 1 saturated heterocycles. The molecule has 2 rings (SSSR count). The van der Waals surface area contributed by atoms with Gasteiger partial charge in [-0.2, -0.15) is 0 Å². The maximum atomic E-state index is 12.6. The number of nitrogens with one attached hydrogen (secondary N) is 1. The normalized spacial score (nSPS) is 31.8. The Bertz CT molecular complexity index is 237. The van der Waals surface area contributed by atoms with Crippen LogP contribution in [-0.2, 0) is 4.79 Å². The fraction of sp³-hybridized carbons (Fsp3) is 0.929. The Morgan fingerprint density at radius 1 is 1.25 bits per heavy atom.